The van der Waals surface area contributed by atoms with Crippen LogP contribution in [0.1, 0.15) is 49.2 Å². The van der Waals surface area contributed by atoms with Gasteiger partial charge in [0, 0.05) is 17.7 Å². The first-order valence-electron chi connectivity index (χ1n) is 8.55. The first kappa shape index (κ1) is 20.1. The molecule has 2 aromatic rings. The zero-order valence-corrected chi connectivity index (χ0v) is 15.6. The smallest absolute Gasteiger partial charge is 0.338 e. The summed E-state index contributed by atoms with van der Waals surface area (Å²) in [5, 5.41) is 17.7. The first-order valence-corrected chi connectivity index (χ1v) is 8.55. The van der Waals surface area contributed by atoms with Crippen molar-refractivity contribution in [2.45, 2.75) is 46.3 Å². The standard InChI is InChI=1S/C18H22N4O5/c1-5-12(3)21-16(8-9-19-21)20-17(23)13(4)27-18(24)14-6-7-15(22(25)26)11(2)10-14/h6-10,12-13H,5H2,1-4H3,(H,20,23)/t12-,13+/m1/s1. The third-order valence-corrected chi connectivity index (χ3v) is 4.21. The van der Waals surface area contributed by atoms with Crippen LogP contribution in [-0.2, 0) is 9.53 Å². The Kier molecular flexibility index (Phi) is 6.27. The lowest BCUT2D eigenvalue weighted by atomic mass is 10.1. The van der Waals surface area contributed by atoms with Gasteiger partial charge in [-0.2, -0.15) is 5.10 Å². The van der Waals surface area contributed by atoms with E-state index in [0.717, 1.165) is 6.42 Å². The number of carbonyl (C=O) groups is 2. The minimum absolute atomic E-state index is 0.0874. The highest BCUT2D eigenvalue weighted by molar-refractivity contribution is 5.97. The topological polar surface area (TPSA) is 116 Å². The number of nitrogens with zero attached hydrogens (tertiary/aromatic N) is 3. The van der Waals surface area contributed by atoms with Crippen molar-refractivity contribution >= 4 is 23.4 Å². The zero-order valence-electron chi connectivity index (χ0n) is 15.6. The molecular weight excluding hydrogens is 352 g/mol. The quantitative estimate of drug-likeness (QED) is 0.452. The summed E-state index contributed by atoms with van der Waals surface area (Å²) in [6, 6.07) is 5.68. The van der Waals surface area contributed by atoms with Crippen LogP contribution in [0.2, 0.25) is 0 Å². The van der Waals surface area contributed by atoms with E-state index in [2.05, 4.69) is 10.4 Å². The van der Waals surface area contributed by atoms with Gasteiger partial charge in [-0.1, -0.05) is 6.92 Å². The average Bonchev–Trinajstić information content (AvgIpc) is 3.08. The minimum Gasteiger partial charge on any atom is -0.449 e. The molecule has 0 aliphatic heterocycles. The maximum Gasteiger partial charge on any atom is 0.338 e. The van der Waals surface area contributed by atoms with Crippen molar-refractivity contribution in [3.63, 3.8) is 0 Å². The van der Waals surface area contributed by atoms with Gasteiger partial charge in [-0.05, 0) is 39.3 Å². The Labute approximate surface area is 156 Å². The highest BCUT2D eigenvalue weighted by Gasteiger charge is 2.22. The maximum absolute atomic E-state index is 12.3. The van der Waals surface area contributed by atoms with E-state index in [-0.39, 0.29) is 17.3 Å². The van der Waals surface area contributed by atoms with Gasteiger partial charge in [-0.25, -0.2) is 9.48 Å². The van der Waals surface area contributed by atoms with E-state index in [0.29, 0.717) is 11.4 Å². The van der Waals surface area contributed by atoms with Crippen LogP contribution in [0.4, 0.5) is 11.5 Å². The second kappa shape index (κ2) is 8.43. The molecule has 2 atom stereocenters. The van der Waals surface area contributed by atoms with Crippen molar-refractivity contribution < 1.29 is 19.2 Å². The molecule has 0 radical (unpaired) electrons. The lowest BCUT2D eigenvalue weighted by Gasteiger charge is -2.17. The van der Waals surface area contributed by atoms with Crippen LogP contribution in [0.25, 0.3) is 0 Å². The van der Waals surface area contributed by atoms with Gasteiger partial charge in [0.25, 0.3) is 11.6 Å². The van der Waals surface area contributed by atoms with E-state index in [1.165, 1.54) is 32.0 Å². The Balaban J connectivity index is 2.04. The molecule has 1 N–H and O–H groups in total. The largest absolute Gasteiger partial charge is 0.449 e. The monoisotopic (exact) mass is 374 g/mol. The molecule has 0 unspecified atom stereocenters. The number of carbonyl (C=O) groups excluding carboxylic acids is 2. The highest BCUT2D eigenvalue weighted by Crippen LogP contribution is 2.20. The number of aryl methyl sites for hydroxylation is 1. The molecule has 2 rings (SSSR count). The van der Waals surface area contributed by atoms with Gasteiger partial charge in [0.05, 0.1) is 22.7 Å². The average molecular weight is 374 g/mol. The SMILES string of the molecule is CC[C@@H](C)n1nccc1NC(=O)[C@H](C)OC(=O)c1ccc([N+](=O)[O-])c(C)c1. The molecule has 0 saturated heterocycles. The van der Waals surface area contributed by atoms with Gasteiger partial charge in [-0.3, -0.25) is 14.9 Å². The Hall–Kier alpha value is -3.23. The van der Waals surface area contributed by atoms with Crippen molar-refractivity contribution in [1.29, 1.82) is 0 Å². The Morgan fingerprint density at radius 3 is 2.63 bits per heavy atom. The molecule has 144 valence electrons. The molecule has 9 nitrogen and oxygen atoms in total. The van der Waals surface area contributed by atoms with Crippen molar-refractivity contribution in [1.82, 2.24) is 9.78 Å². The summed E-state index contributed by atoms with van der Waals surface area (Å²) in [5.41, 5.74) is 0.391. The molecule has 1 heterocycles. The molecule has 9 heteroatoms. The molecule has 0 bridgehead atoms. The van der Waals surface area contributed by atoms with Crippen LogP contribution < -0.4 is 5.32 Å². The van der Waals surface area contributed by atoms with E-state index in [9.17, 15) is 19.7 Å². The Morgan fingerprint density at radius 2 is 2.04 bits per heavy atom. The van der Waals surface area contributed by atoms with Gasteiger partial charge in [0.15, 0.2) is 6.10 Å². The number of esters is 1. The second-order valence-electron chi connectivity index (χ2n) is 6.21. The fraction of sp³-hybridized carbons (Fsp3) is 0.389. The molecule has 1 amide bonds. The number of hydrogen-bond donors (Lipinski definition) is 1. The molecule has 0 aliphatic rings. The lowest BCUT2D eigenvalue weighted by molar-refractivity contribution is -0.385. The fourth-order valence-electron chi connectivity index (χ4n) is 2.43. The van der Waals surface area contributed by atoms with Gasteiger partial charge >= 0.3 is 5.97 Å². The van der Waals surface area contributed by atoms with Gasteiger partial charge < -0.3 is 10.1 Å². The summed E-state index contributed by atoms with van der Waals surface area (Å²) in [5.74, 6) is -0.707. The molecule has 1 aromatic heterocycles. The first-order chi connectivity index (χ1) is 12.7. The summed E-state index contributed by atoms with van der Waals surface area (Å²) >= 11 is 0. The number of nitrogens with one attached hydrogen (secondary N) is 1. The van der Waals surface area contributed by atoms with Crippen molar-refractivity contribution in [2.75, 3.05) is 5.32 Å². The predicted octanol–water partition coefficient (Wildman–Crippen LogP) is 3.25. The highest BCUT2D eigenvalue weighted by atomic mass is 16.6. The molecule has 0 saturated carbocycles. The molecular formula is C18H22N4O5. The minimum atomic E-state index is -1.05. The maximum atomic E-state index is 12.3. The fourth-order valence-corrected chi connectivity index (χ4v) is 2.43. The number of benzene rings is 1. The number of ether oxygens (including phenoxy) is 1. The number of nitro benzene ring substituents is 1. The second-order valence-corrected chi connectivity index (χ2v) is 6.21. The van der Waals surface area contributed by atoms with Crippen LogP contribution in [0, 0.1) is 17.0 Å². The number of amides is 1. The van der Waals surface area contributed by atoms with E-state index < -0.39 is 22.9 Å². The van der Waals surface area contributed by atoms with Gasteiger partial charge in [-0.15, -0.1) is 0 Å². The Morgan fingerprint density at radius 1 is 1.33 bits per heavy atom. The molecule has 0 spiro atoms. The zero-order chi connectivity index (χ0) is 20.1. The van der Waals surface area contributed by atoms with Gasteiger partial charge in [0.1, 0.15) is 5.82 Å². The summed E-state index contributed by atoms with van der Waals surface area (Å²) in [4.78, 5) is 34.9. The normalized spacial score (nSPS) is 12.9. The third-order valence-electron chi connectivity index (χ3n) is 4.21. The molecule has 0 fully saturated rings. The van der Waals surface area contributed by atoms with Crippen LogP contribution in [0.15, 0.2) is 30.5 Å². The van der Waals surface area contributed by atoms with E-state index >= 15 is 0 Å². The van der Waals surface area contributed by atoms with Crippen LogP contribution in [-0.4, -0.2) is 32.7 Å². The van der Waals surface area contributed by atoms with E-state index in [4.69, 9.17) is 4.74 Å². The van der Waals surface area contributed by atoms with Crippen LogP contribution in [0.5, 0.6) is 0 Å². The summed E-state index contributed by atoms with van der Waals surface area (Å²) in [6.45, 7) is 6.97. The summed E-state index contributed by atoms with van der Waals surface area (Å²) in [7, 11) is 0. The van der Waals surface area contributed by atoms with Crippen LogP contribution >= 0.6 is 0 Å². The lowest BCUT2D eigenvalue weighted by Crippen LogP contribution is -2.31. The van der Waals surface area contributed by atoms with Crippen molar-refractivity contribution in [3.05, 3.63) is 51.7 Å². The molecule has 27 heavy (non-hydrogen) atoms. The Bertz CT molecular complexity index is 861. The third kappa shape index (κ3) is 4.69. The number of rotatable bonds is 7. The number of nitro groups is 1. The summed E-state index contributed by atoms with van der Waals surface area (Å²) in [6.07, 6.45) is 1.38. The number of hydrogen-bond acceptors (Lipinski definition) is 6. The van der Waals surface area contributed by atoms with Crippen molar-refractivity contribution in [2.24, 2.45) is 0 Å². The van der Waals surface area contributed by atoms with Gasteiger partial charge in [0.2, 0.25) is 0 Å². The van der Waals surface area contributed by atoms with E-state index in [1.54, 1.807) is 16.9 Å². The number of anilines is 1. The van der Waals surface area contributed by atoms with Crippen LogP contribution in [0.3, 0.4) is 0 Å². The molecule has 0 aliphatic carbocycles. The van der Waals surface area contributed by atoms with E-state index in [1.807, 2.05) is 13.8 Å². The van der Waals surface area contributed by atoms with Crippen molar-refractivity contribution in [3.8, 4) is 0 Å². The molecule has 1 aromatic carbocycles. The number of aromatic nitrogens is 2. The summed E-state index contributed by atoms with van der Waals surface area (Å²) < 4.78 is 6.87. The predicted molar refractivity (Wildman–Crippen MR) is 98.6 cm³/mol.